The minimum atomic E-state index is 0.831. The molecule has 0 atom stereocenters. The van der Waals surface area contributed by atoms with Gasteiger partial charge in [0.15, 0.2) is 0 Å². The van der Waals surface area contributed by atoms with Crippen LogP contribution in [-0.4, -0.2) is 43.4 Å². The van der Waals surface area contributed by atoms with Gasteiger partial charge in [-0.1, -0.05) is 12.8 Å². The van der Waals surface area contributed by atoms with Gasteiger partial charge in [-0.25, -0.2) is 0 Å². The van der Waals surface area contributed by atoms with Gasteiger partial charge in [0, 0.05) is 19.5 Å². The highest BCUT2D eigenvalue weighted by Gasteiger charge is 2.16. The molecule has 0 N–H and O–H groups in total. The van der Waals surface area contributed by atoms with E-state index >= 15 is 0 Å². The van der Waals surface area contributed by atoms with E-state index in [-0.39, 0.29) is 0 Å². The van der Waals surface area contributed by atoms with Crippen LogP contribution in [0.5, 0.6) is 0 Å². The van der Waals surface area contributed by atoms with Gasteiger partial charge >= 0.3 is 0 Å². The normalized spacial score (nSPS) is 19.2. The van der Waals surface area contributed by atoms with Crippen LogP contribution in [0.25, 0.3) is 0 Å². The summed E-state index contributed by atoms with van der Waals surface area (Å²) in [5, 5.41) is 3.77. The van der Waals surface area contributed by atoms with Crippen molar-refractivity contribution in [1.82, 2.24) is 10.1 Å². The number of nitrogens with zero attached hydrogens (tertiary/aromatic N) is 2. The summed E-state index contributed by atoms with van der Waals surface area (Å²) in [5.41, 5.74) is 0. The van der Waals surface area contributed by atoms with Crippen LogP contribution in [0.3, 0.4) is 0 Å². The Labute approximate surface area is 79.3 Å². The molecule has 4 nitrogen and oxygen atoms in total. The number of piperazine rings is 1. The molecule has 0 unspecified atom stereocenters. The summed E-state index contributed by atoms with van der Waals surface area (Å²) in [6.07, 6.45) is 3.49. The molecule has 1 heterocycles. The number of hydroxylamine groups is 4. The topological polar surface area (TPSA) is 24.9 Å². The molecule has 74 valence electrons. The average molecular weight is 184 g/mol. The Bertz CT molecular complexity index is 190. The molecule has 1 aliphatic heterocycles. The molecule has 0 aromatic carbocycles. The molecule has 0 amide bonds. The van der Waals surface area contributed by atoms with Crippen LogP contribution in [0.4, 0.5) is 0 Å². The third kappa shape index (κ3) is 3.64. The molecule has 4 heteroatoms. The fourth-order valence-electron chi connectivity index (χ4n) is 1.11. The Balaban J connectivity index is 2.17. The Morgan fingerprint density at radius 2 is 1.77 bits per heavy atom. The lowest BCUT2D eigenvalue weighted by atomic mass is 10.4. The first-order chi connectivity index (χ1) is 6.36. The Hall–Kier alpha value is -0.760. The van der Waals surface area contributed by atoms with Crippen molar-refractivity contribution in [3.63, 3.8) is 0 Å². The lowest BCUT2D eigenvalue weighted by Crippen LogP contribution is -2.44. The second-order valence-corrected chi connectivity index (χ2v) is 2.76. The largest absolute Gasteiger partial charge is 0.353 e. The van der Waals surface area contributed by atoms with Gasteiger partial charge in [0.1, 0.15) is 6.11 Å². The molecule has 1 saturated heterocycles. The van der Waals surface area contributed by atoms with E-state index in [1.54, 1.807) is 7.11 Å². The van der Waals surface area contributed by atoms with Crippen LogP contribution >= 0.6 is 0 Å². The highest BCUT2D eigenvalue weighted by molar-refractivity contribution is 4.89. The van der Waals surface area contributed by atoms with E-state index in [1.807, 2.05) is 17.1 Å². The van der Waals surface area contributed by atoms with E-state index in [9.17, 15) is 0 Å². The van der Waals surface area contributed by atoms with Gasteiger partial charge in [0.05, 0.1) is 20.2 Å². The molecule has 0 aromatic heterocycles. The van der Waals surface area contributed by atoms with E-state index in [1.165, 1.54) is 0 Å². The van der Waals surface area contributed by atoms with Crippen LogP contribution in [0.2, 0.25) is 0 Å². The molecule has 1 fully saturated rings. The maximum absolute atomic E-state index is 5.21. The quantitative estimate of drug-likeness (QED) is 0.582. The second-order valence-electron chi connectivity index (χ2n) is 2.76. The fraction of sp³-hybridized carbons (Fsp3) is 0.778. The van der Waals surface area contributed by atoms with Gasteiger partial charge in [0.2, 0.25) is 0 Å². The smallest absolute Gasteiger partial charge is 0.138 e. The van der Waals surface area contributed by atoms with Crippen LogP contribution < -0.4 is 0 Å². The first-order valence-corrected chi connectivity index (χ1v) is 4.55. The summed E-state index contributed by atoms with van der Waals surface area (Å²) in [6, 6.07) is 0. The standard InChI is InChI=1S/C9H16N2O2/c1-3-4-9-13-11-7-5-10(12-2)6-8-11/h3,5-8H2,1-2H3. The minimum absolute atomic E-state index is 0.831. The van der Waals surface area contributed by atoms with Gasteiger partial charge < -0.3 is 9.68 Å². The minimum Gasteiger partial charge on any atom is -0.353 e. The number of hydrogen-bond donors (Lipinski definition) is 0. The van der Waals surface area contributed by atoms with Crippen molar-refractivity contribution in [2.75, 3.05) is 33.3 Å². The maximum Gasteiger partial charge on any atom is 0.138 e. The SMILES string of the molecule is CCC#CON1CCN(OC)CC1. The predicted molar refractivity (Wildman–Crippen MR) is 49.3 cm³/mol. The third-order valence-electron chi connectivity index (χ3n) is 1.88. The van der Waals surface area contributed by atoms with Gasteiger partial charge in [-0.05, 0) is 0 Å². The van der Waals surface area contributed by atoms with Gasteiger partial charge in [0.25, 0.3) is 0 Å². The van der Waals surface area contributed by atoms with E-state index in [2.05, 4.69) is 12.0 Å². The average Bonchev–Trinajstić information content (AvgIpc) is 2.19. The summed E-state index contributed by atoms with van der Waals surface area (Å²) in [6.45, 7) is 5.41. The monoisotopic (exact) mass is 184 g/mol. The lowest BCUT2D eigenvalue weighted by molar-refractivity contribution is -0.199. The zero-order valence-corrected chi connectivity index (χ0v) is 8.25. The van der Waals surface area contributed by atoms with Crippen molar-refractivity contribution in [3.8, 4) is 12.0 Å². The lowest BCUT2D eigenvalue weighted by Gasteiger charge is -2.30. The van der Waals surface area contributed by atoms with Crippen LogP contribution in [-0.2, 0) is 9.68 Å². The molecule has 0 aromatic rings. The van der Waals surface area contributed by atoms with Crippen molar-refractivity contribution >= 4 is 0 Å². The highest BCUT2D eigenvalue weighted by atomic mass is 16.7. The molecule has 1 aliphatic rings. The van der Waals surface area contributed by atoms with Crippen molar-refractivity contribution in [2.24, 2.45) is 0 Å². The maximum atomic E-state index is 5.21. The van der Waals surface area contributed by atoms with Crippen molar-refractivity contribution in [1.29, 1.82) is 0 Å². The molecule has 0 bridgehead atoms. The molecule has 13 heavy (non-hydrogen) atoms. The van der Waals surface area contributed by atoms with Gasteiger partial charge in [-0.3, -0.25) is 0 Å². The highest BCUT2D eigenvalue weighted by Crippen LogP contribution is 2.00. The Morgan fingerprint density at radius 1 is 1.15 bits per heavy atom. The molecule has 0 saturated carbocycles. The second kappa shape index (κ2) is 5.81. The Morgan fingerprint density at radius 3 is 2.31 bits per heavy atom. The molecule has 0 radical (unpaired) electrons. The number of hydrogen-bond acceptors (Lipinski definition) is 4. The Kier molecular flexibility index (Phi) is 4.61. The summed E-state index contributed by atoms with van der Waals surface area (Å²) in [4.78, 5) is 10.3. The fourth-order valence-corrected chi connectivity index (χ4v) is 1.11. The van der Waals surface area contributed by atoms with Crippen molar-refractivity contribution < 1.29 is 9.68 Å². The number of rotatable bonds is 2. The summed E-state index contributed by atoms with van der Waals surface area (Å²) in [7, 11) is 1.69. The predicted octanol–water partition coefficient (Wildman–Crippen LogP) is 0.468. The van der Waals surface area contributed by atoms with Crippen LogP contribution in [0.15, 0.2) is 0 Å². The van der Waals surface area contributed by atoms with Crippen molar-refractivity contribution in [3.05, 3.63) is 0 Å². The van der Waals surface area contributed by atoms with Gasteiger partial charge in [-0.2, -0.15) is 5.06 Å². The summed E-state index contributed by atoms with van der Waals surface area (Å²) >= 11 is 0. The molecule has 0 spiro atoms. The van der Waals surface area contributed by atoms with E-state index in [0.717, 1.165) is 32.6 Å². The molecule has 1 rings (SSSR count). The van der Waals surface area contributed by atoms with E-state index in [0.29, 0.717) is 0 Å². The molecule has 0 aliphatic carbocycles. The molecular formula is C9H16N2O2. The zero-order chi connectivity index (χ0) is 9.52. The van der Waals surface area contributed by atoms with Crippen LogP contribution in [0.1, 0.15) is 13.3 Å². The van der Waals surface area contributed by atoms with Crippen LogP contribution in [0, 0.1) is 12.0 Å². The van der Waals surface area contributed by atoms with Gasteiger partial charge in [-0.15, -0.1) is 5.06 Å². The first-order valence-electron chi connectivity index (χ1n) is 4.55. The first kappa shape index (κ1) is 10.3. The molecular weight excluding hydrogens is 168 g/mol. The third-order valence-corrected chi connectivity index (χ3v) is 1.88. The van der Waals surface area contributed by atoms with Crippen molar-refractivity contribution in [2.45, 2.75) is 13.3 Å². The summed E-state index contributed by atoms with van der Waals surface area (Å²) in [5.74, 6) is 2.86. The van der Waals surface area contributed by atoms with E-state index in [4.69, 9.17) is 9.68 Å². The van der Waals surface area contributed by atoms with E-state index < -0.39 is 0 Å². The zero-order valence-electron chi connectivity index (χ0n) is 8.25. The summed E-state index contributed by atoms with van der Waals surface area (Å²) < 4.78 is 0.